The number of piperidine rings is 1. The lowest BCUT2D eigenvalue weighted by Gasteiger charge is -2.28. The number of carbonyl (C=O) groups is 1. The molecule has 4 rings (SSSR count). The standard InChI is InChI=1S/C23H24N4O4S/c1-2-26-22(29)21(15-16-6-11-20(28)19(14-16)27(30)31)32-23(26)24-17-7-9-18(10-8-17)25-12-4-3-5-13-25/h6-11,14-15,28H,2-5,12-13H2,1H3/b21-15-,24-23?. The summed E-state index contributed by atoms with van der Waals surface area (Å²) >= 11 is 1.24. The van der Waals surface area contributed by atoms with Crippen LogP contribution in [0.5, 0.6) is 5.75 Å². The summed E-state index contributed by atoms with van der Waals surface area (Å²) in [5.74, 6) is -0.607. The van der Waals surface area contributed by atoms with Gasteiger partial charge in [-0.25, -0.2) is 4.99 Å². The molecule has 9 heteroatoms. The fourth-order valence-corrected chi connectivity index (χ4v) is 4.86. The molecule has 0 aliphatic carbocycles. The second kappa shape index (κ2) is 9.44. The Balaban J connectivity index is 1.57. The number of amidine groups is 1. The van der Waals surface area contributed by atoms with Crippen LogP contribution in [0.1, 0.15) is 31.7 Å². The van der Waals surface area contributed by atoms with Gasteiger partial charge in [-0.15, -0.1) is 0 Å². The zero-order valence-corrected chi connectivity index (χ0v) is 18.5. The van der Waals surface area contributed by atoms with Crippen molar-refractivity contribution in [2.24, 2.45) is 4.99 Å². The van der Waals surface area contributed by atoms with Crippen LogP contribution in [0.2, 0.25) is 0 Å². The SMILES string of the molecule is CCN1C(=O)/C(=C/c2ccc(O)c([N+](=O)[O-])c2)SC1=Nc1ccc(N2CCCCC2)cc1. The molecule has 2 aliphatic rings. The third kappa shape index (κ3) is 4.62. The number of phenolic OH excluding ortho intramolecular Hbond substituents is 1. The van der Waals surface area contributed by atoms with Crippen LogP contribution in [0.4, 0.5) is 17.1 Å². The van der Waals surface area contributed by atoms with Crippen molar-refractivity contribution in [3.63, 3.8) is 0 Å². The van der Waals surface area contributed by atoms with E-state index in [1.165, 1.54) is 54.9 Å². The van der Waals surface area contributed by atoms with E-state index in [9.17, 15) is 20.0 Å². The van der Waals surface area contributed by atoms with Gasteiger partial charge in [-0.2, -0.15) is 0 Å². The number of hydrogen-bond acceptors (Lipinski definition) is 7. The first-order chi connectivity index (χ1) is 15.5. The molecule has 1 N–H and O–H groups in total. The Morgan fingerprint density at radius 2 is 1.88 bits per heavy atom. The average molecular weight is 453 g/mol. The summed E-state index contributed by atoms with van der Waals surface area (Å²) in [6.45, 7) is 4.49. The molecule has 8 nitrogen and oxygen atoms in total. The van der Waals surface area contributed by atoms with Gasteiger partial charge < -0.3 is 10.0 Å². The number of nitro groups is 1. The van der Waals surface area contributed by atoms with Gasteiger partial charge in [0.15, 0.2) is 10.9 Å². The first-order valence-electron chi connectivity index (χ1n) is 10.6. The summed E-state index contributed by atoms with van der Waals surface area (Å²) in [6, 6.07) is 12.1. The molecule has 2 aliphatic heterocycles. The van der Waals surface area contributed by atoms with Gasteiger partial charge in [0.05, 0.1) is 15.5 Å². The number of phenols is 1. The molecule has 0 aromatic heterocycles. The first kappa shape index (κ1) is 21.9. The average Bonchev–Trinajstić information content (AvgIpc) is 3.09. The molecule has 0 bridgehead atoms. The fourth-order valence-electron chi connectivity index (χ4n) is 3.80. The molecule has 0 atom stereocenters. The van der Waals surface area contributed by atoms with Crippen LogP contribution in [0, 0.1) is 10.1 Å². The summed E-state index contributed by atoms with van der Waals surface area (Å²) in [7, 11) is 0. The van der Waals surface area contributed by atoms with Crippen LogP contribution in [-0.2, 0) is 4.79 Å². The maximum Gasteiger partial charge on any atom is 0.311 e. The number of likely N-dealkylation sites (N-methyl/N-ethyl adjacent to an activating group) is 1. The number of benzene rings is 2. The lowest BCUT2D eigenvalue weighted by molar-refractivity contribution is -0.385. The van der Waals surface area contributed by atoms with Gasteiger partial charge in [0, 0.05) is 31.4 Å². The van der Waals surface area contributed by atoms with E-state index in [0.29, 0.717) is 22.2 Å². The second-order valence-electron chi connectivity index (χ2n) is 7.62. The zero-order chi connectivity index (χ0) is 22.7. The van der Waals surface area contributed by atoms with Crippen LogP contribution >= 0.6 is 11.8 Å². The molecular formula is C23H24N4O4S. The maximum absolute atomic E-state index is 12.9. The third-order valence-electron chi connectivity index (χ3n) is 5.49. The van der Waals surface area contributed by atoms with Crippen molar-refractivity contribution in [3.8, 4) is 5.75 Å². The molecule has 32 heavy (non-hydrogen) atoms. The van der Waals surface area contributed by atoms with Gasteiger partial charge in [0.2, 0.25) is 0 Å². The van der Waals surface area contributed by atoms with Crippen molar-refractivity contribution in [1.82, 2.24) is 4.90 Å². The van der Waals surface area contributed by atoms with Crippen molar-refractivity contribution in [2.75, 3.05) is 24.5 Å². The predicted octanol–water partition coefficient (Wildman–Crippen LogP) is 4.91. The van der Waals surface area contributed by atoms with Crippen LogP contribution < -0.4 is 4.90 Å². The molecule has 2 aromatic carbocycles. The Bertz CT molecular complexity index is 1090. The van der Waals surface area contributed by atoms with E-state index < -0.39 is 16.4 Å². The largest absolute Gasteiger partial charge is 0.502 e. The monoisotopic (exact) mass is 452 g/mol. The van der Waals surface area contributed by atoms with Gasteiger partial charge >= 0.3 is 5.69 Å². The van der Waals surface area contributed by atoms with E-state index >= 15 is 0 Å². The van der Waals surface area contributed by atoms with Gasteiger partial charge in [-0.05, 0) is 79.9 Å². The van der Waals surface area contributed by atoms with Gasteiger partial charge in [-0.3, -0.25) is 19.8 Å². The normalized spacial score (nSPS) is 19.2. The lowest BCUT2D eigenvalue weighted by atomic mass is 10.1. The number of anilines is 1. The number of nitro benzene ring substituents is 1. The number of aromatic hydroxyl groups is 1. The zero-order valence-electron chi connectivity index (χ0n) is 17.7. The van der Waals surface area contributed by atoms with Crippen LogP contribution in [0.25, 0.3) is 6.08 Å². The summed E-state index contributed by atoms with van der Waals surface area (Å²) < 4.78 is 0. The molecule has 2 fully saturated rings. The van der Waals surface area contributed by atoms with Crippen LogP contribution in [0.15, 0.2) is 52.4 Å². The van der Waals surface area contributed by atoms with Crippen molar-refractivity contribution in [2.45, 2.75) is 26.2 Å². The minimum atomic E-state index is -0.653. The van der Waals surface area contributed by atoms with Gasteiger partial charge in [0.1, 0.15) is 0 Å². The molecule has 2 aromatic rings. The minimum Gasteiger partial charge on any atom is -0.502 e. The van der Waals surface area contributed by atoms with E-state index in [1.807, 2.05) is 19.1 Å². The number of thioether (sulfide) groups is 1. The molecule has 0 unspecified atom stereocenters. The molecule has 0 radical (unpaired) electrons. The summed E-state index contributed by atoms with van der Waals surface area (Å²) in [5.41, 5.74) is 2.02. The van der Waals surface area contributed by atoms with E-state index in [-0.39, 0.29) is 5.91 Å². The maximum atomic E-state index is 12.9. The second-order valence-corrected chi connectivity index (χ2v) is 8.63. The number of aliphatic imine (C=N–C) groups is 1. The summed E-state index contributed by atoms with van der Waals surface area (Å²) in [5, 5.41) is 21.3. The van der Waals surface area contributed by atoms with Crippen LogP contribution in [0.3, 0.4) is 0 Å². The van der Waals surface area contributed by atoms with Crippen molar-refractivity contribution in [3.05, 3.63) is 63.0 Å². The number of rotatable bonds is 5. The van der Waals surface area contributed by atoms with Crippen molar-refractivity contribution >= 4 is 46.0 Å². The summed E-state index contributed by atoms with van der Waals surface area (Å²) in [4.78, 5) is 32.3. The minimum absolute atomic E-state index is 0.197. The van der Waals surface area contributed by atoms with E-state index in [2.05, 4.69) is 22.0 Å². The van der Waals surface area contributed by atoms with Gasteiger partial charge in [-0.1, -0.05) is 6.07 Å². The fraction of sp³-hybridized carbons (Fsp3) is 0.304. The highest BCUT2D eigenvalue weighted by molar-refractivity contribution is 8.18. The van der Waals surface area contributed by atoms with E-state index in [1.54, 1.807) is 11.0 Å². The molecule has 166 valence electrons. The van der Waals surface area contributed by atoms with E-state index in [0.717, 1.165) is 18.8 Å². The molecule has 0 saturated carbocycles. The quantitative estimate of drug-likeness (QED) is 0.393. The Kier molecular flexibility index (Phi) is 6.45. The Morgan fingerprint density at radius 3 is 2.53 bits per heavy atom. The third-order valence-corrected chi connectivity index (χ3v) is 6.50. The Hall–Kier alpha value is -3.33. The molecule has 0 spiro atoms. The lowest BCUT2D eigenvalue weighted by Crippen LogP contribution is -2.29. The first-order valence-corrected chi connectivity index (χ1v) is 11.4. The Morgan fingerprint density at radius 1 is 1.16 bits per heavy atom. The predicted molar refractivity (Wildman–Crippen MR) is 127 cm³/mol. The van der Waals surface area contributed by atoms with Crippen molar-refractivity contribution in [1.29, 1.82) is 0 Å². The van der Waals surface area contributed by atoms with Gasteiger partial charge in [0.25, 0.3) is 5.91 Å². The van der Waals surface area contributed by atoms with Crippen molar-refractivity contribution < 1.29 is 14.8 Å². The van der Waals surface area contributed by atoms with Crippen LogP contribution in [-0.4, -0.2) is 45.6 Å². The topological polar surface area (TPSA) is 99.3 Å². The molecule has 2 saturated heterocycles. The number of hydrogen-bond donors (Lipinski definition) is 1. The molecule has 1 amide bonds. The number of amides is 1. The summed E-state index contributed by atoms with van der Waals surface area (Å²) in [6.07, 6.45) is 5.30. The molecular weight excluding hydrogens is 428 g/mol. The number of carbonyl (C=O) groups excluding carboxylic acids is 1. The highest BCUT2D eigenvalue weighted by Gasteiger charge is 2.32. The Labute approximate surface area is 190 Å². The highest BCUT2D eigenvalue weighted by atomic mass is 32.2. The number of nitrogens with zero attached hydrogens (tertiary/aromatic N) is 4. The highest BCUT2D eigenvalue weighted by Crippen LogP contribution is 2.35. The molecule has 2 heterocycles. The smallest absolute Gasteiger partial charge is 0.311 e. The van der Waals surface area contributed by atoms with E-state index in [4.69, 9.17) is 0 Å².